The van der Waals surface area contributed by atoms with E-state index in [-0.39, 0.29) is 11.3 Å². The molecule has 4 aromatic rings. The molecule has 0 radical (unpaired) electrons. The number of carbonyl (C=O) groups excluding carboxylic acids is 1. The Bertz CT molecular complexity index is 1340. The van der Waals surface area contributed by atoms with Gasteiger partial charge in [-0.05, 0) is 50.3 Å². The fourth-order valence-electron chi connectivity index (χ4n) is 4.37. The molecule has 2 aromatic heterocycles. The summed E-state index contributed by atoms with van der Waals surface area (Å²) in [5, 5.41) is 1.63. The Balaban J connectivity index is 1.91. The van der Waals surface area contributed by atoms with Crippen LogP contribution in [0.3, 0.4) is 0 Å². The van der Waals surface area contributed by atoms with Crippen molar-refractivity contribution < 1.29 is 4.79 Å². The molecule has 2 N–H and O–H groups in total. The fraction of sp³-hybridized carbons (Fsp3) is 0.200. The van der Waals surface area contributed by atoms with Gasteiger partial charge in [-0.1, -0.05) is 48.0 Å². The number of aromatic amines is 2. The van der Waals surface area contributed by atoms with Crippen molar-refractivity contribution in [1.82, 2.24) is 9.97 Å². The molecular formula is C25H22N2O2. The standard InChI is InChI=1S/C25H22N2O2/c1-15-12-13-19-18(14-15)20-21(24(28)17-10-6-3-7-11-17)22(16-8-4-2-5-9-16)27-23(20)25(29)26-19/h3,6-8,10-14,27H,2,4-5,9H2,1H3,(H,26,29). The molecule has 2 aromatic carbocycles. The van der Waals surface area contributed by atoms with Crippen LogP contribution in [0.2, 0.25) is 0 Å². The van der Waals surface area contributed by atoms with Crippen molar-refractivity contribution in [2.24, 2.45) is 0 Å². The van der Waals surface area contributed by atoms with Crippen LogP contribution in [0.15, 0.2) is 59.4 Å². The van der Waals surface area contributed by atoms with Gasteiger partial charge in [0.1, 0.15) is 5.52 Å². The first-order valence-electron chi connectivity index (χ1n) is 10.1. The molecule has 0 saturated carbocycles. The van der Waals surface area contributed by atoms with Crippen molar-refractivity contribution >= 4 is 33.2 Å². The molecule has 4 nitrogen and oxygen atoms in total. The van der Waals surface area contributed by atoms with Crippen LogP contribution < -0.4 is 5.56 Å². The van der Waals surface area contributed by atoms with Crippen molar-refractivity contribution in [2.75, 3.05) is 0 Å². The van der Waals surface area contributed by atoms with Gasteiger partial charge in [0.25, 0.3) is 5.56 Å². The molecule has 0 atom stereocenters. The van der Waals surface area contributed by atoms with Gasteiger partial charge in [-0.2, -0.15) is 0 Å². The van der Waals surface area contributed by atoms with Crippen LogP contribution in [-0.4, -0.2) is 15.8 Å². The van der Waals surface area contributed by atoms with Gasteiger partial charge in [0, 0.05) is 21.9 Å². The first-order chi connectivity index (χ1) is 14.1. The van der Waals surface area contributed by atoms with Crippen LogP contribution in [0.4, 0.5) is 0 Å². The van der Waals surface area contributed by atoms with Crippen molar-refractivity contribution in [2.45, 2.75) is 32.6 Å². The zero-order valence-corrected chi connectivity index (χ0v) is 16.3. The van der Waals surface area contributed by atoms with E-state index >= 15 is 0 Å². The highest BCUT2D eigenvalue weighted by molar-refractivity contribution is 6.24. The lowest BCUT2D eigenvalue weighted by Crippen LogP contribution is -2.07. The fourth-order valence-corrected chi connectivity index (χ4v) is 4.37. The summed E-state index contributed by atoms with van der Waals surface area (Å²) in [5.41, 5.74) is 5.29. The molecule has 0 bridgehead atoms. The molecule has 0 fully saturated rings. The lowest BCUT2D eigenvalue weighted by molar-refractivity contribution is 0.104. The summed E-state index contributed by atoms with van der Waals surface area (Å²) in [4.78, 5) is 32.8. The molecular weight excluding hydrogens is 360 g/mol. The smallest absolute Gasteiger partial charge is 0.272 e. The minimum atomic E-state index is -0.193. The van der Waals surface area contributed by atoms with Gasteiger partial charge in [-0.15, -0.1) is 0 Å². The number of pyridine rings is 1. The van der Waals surface area contributed by atoms with Gasteiger partial charge in [0.2, 0.25) is 0 Å². The molecule has 1 aliphatic carbocycles. The second-order valence-electron chi connectivity index (χ2n) is 7.80. The molecule has 0 amide bonds. The van der Waals surface area contributed by atoms with Gasteiger partial charge in [0.15, 0.2) is 5.78 Å². The van der Waals surface area contributed by atoms with Crippen molar-refractivity contribution in [1.29, 1.82) is 0 Å². The number of hydrogen-bond acceptors (Lipinski definition) is 2. The third kappa shape index (κ3) is 2.92. The van der Waals surface area contributed by atoms with Crippen LogP contribution in [-0.2, 0) is 0 Å². The Morgan fingerprint density at radius 1 is 1.00 bits per heavy atom. The summed E-state index contributed by atoms with van der Waals surface area (Å²) in [6.07, 6.45) is 6.37. The highest BCUT2D eigenvalue weighted by Crippen LogP contribution is 2.36. The zero-order chi connectivity index (χ0) is 20.0. The van der Waals surface area contributed by atoms with Gasteiger partial charge in [-0.25, -0.2) is 0 Å². The van der Waals surface area contributed by atoms with E-state index in [0.717, 1.165) is 58.8 Å². The Morgan fingerprint density at radius 3 is 2.59 bits per heavy atom. The number of aryl methyl sites for hydroxylation is 1. The number of allylic oxidation sites excluding steroid dienone is 2. The number of rotatable bonds is 3. The van der Waals surface area contributed by atoms with E-state index in [2.05, 4.69) is 16.0 Å². The third-order valence-electron chi connectivity index (χ3n) is 5.79. The third-order valence-corrected chi connectivity index (χ3v) is 5.79. The topological polar surface area (TPSA) is 65.7 Å². The van der Waals surface area contributed by atoms with Gasteiger partial charge in [-0.3, -0.25) is 9.59 Å². The number of aromatic nitrogens is 2. The summed E-state index contributed by atoms with van der Waals surface area (Å²) in [6, 6.07) is 15.2. The summed E-state index contributed by atoms with van der Waals surface area (Å²) in [6.45, 7) is 2.02. The molecule has 4 heteroatoms. The largest absolute Gasteiger partial charge is 0.350 e. The monoisotopic (exact) mass is 382 g/mol. The Hall–Kier alpha value is -3.40. The van der Waals surface area contributed by atoms with E-state index in [4.69, 9.17) is 0 Å². The lowest BCUT2D eigenvalue weighted by Gasteiger charge is -2.13. The van der Waals surface area contributed by atoms with Gasteiger partial charge in [0.05, 0.1) is 11.3 Å². The normalized spacial score (nSPS) is 14.3. The molecule has 0 spiro atoms. The average molecular weight is 382 g/mol. The number of H-pyrrole nitrogens is 2. The Kier molecular flexibility index (Phi) is 4.20. The molecule has 2 heterocycles. The van der Waals surface area contributed by atoms with E-state index in [1.165, 1.54) is 0 Å². The van der Waals surface area contributed by atoms with Crippen LogP contribution in [0.5, 0.6) is 0 Å². The molecule has 1 aliphatic rings. The average Bonchev–Trinajstić information content (AvgIpc) is 3.17. The summed E-state index contributed by atoms with van der Waals surface area (Å²) in [7, 11) is 0. The summed E-state index contributed by atoms with van der Waals surface area (Å²) >= 11 is 0. The maximum Gasteiger partial charge on any atom is 0.272 e. The first kappa shape index (κ1) is 17.7. The summed E-state index contributed by atoms with van der Waals surface area (Å²) in [5.74, 6) is -0.0493. The quantitative estimate of drug-likeness (QED) is 0.459. The molecule has 0 unspecified atom stereocenters. The predicted molar refractivity (Wildman–Crippen MR) is 117 cm³/mol. The minimum Gasteiger partial charge on any atom is -0.350 e. The lowest BCUT2D eigenvalue weighted by atomic mass is 9.91. The maximum absolute atomic E-state index is 13.7. The molecule has 0 aliphatic heterocycles. The van der Waals surface area contributed by atoms with Gasteiger partial charge >= 0.3 is 0 Å². The second kappa shape index (κ2) is 6.89. The van der Waals surface area contributed by atoms with Crippen molar-refractivity contribution in [3.8, 4) is 0 Å². The van der Waals surface area contributed by atoms with Crippen molar-refractivity contribution in [3.05, 3.63) is 87.3 Å². The van der Waals surface area contributed by atoms with Gasteiger partial charge < -0.3 is 9.97 Å². The number of ketones is 1. The van der Waals surface area contributed by atoms with Crippen molar-refractivity contribution in [3.63, 3.8) is 0 Å². The first-order valence-corrected chi connectivity index (χ1v) is 10.1. The predicted octanol–water partition coefficient (Wildman–Crippen LogP) is 5.51. The molecule has 0 saturated heterocycles. The molecule has 144 valence electrons. The van der Waals surface area contributed by atoms with Crippen LogP contribution in [0.25, 0.3) is 27.4 Å². The molecule has 29 heavy (non-hydrogen) atoms. The van der Waals surface area contributed by atoms with E-state index in [9.17, 15) is 9.59 Å². The number of hydrogen-bond donors (Lipinski definition) is 2. The highest BCUT2D eigenvalue weighted by Gasteiger charge is 2.25. The number of fused-ring (bicyclic) bond motifs is 3. The SMILES string of the molecule is Cc1ccc2[nH]c(=O)c3[nH]c(C4=CCCCC4)c(C(=O)c4ccccc4)c3c2c1. The molecule has 5 rings (SSSR count). The van der Waals surface area contributed by atoms with E-state index < -0.39 is 0 Å². The maximum atomic E-state index is 13.7. The highest BCUT2D eigenvalue weighted by atomic mass is 16.1. The number of carbonyl (C=O) groups is 1. The number of benzene rings is 2. The van der Waals surface area contributed by atoms with E-state index in [0.29, 0.717) is 16.6 Å². The van der Waals surface area contributed by atoms with Crippen LogP contribution in [0.1, 0.15) is 52.9 Å². The zero-order valence-electron chi connectivity index (χ0n) is 16.3. The van der Waals surface area contributed by atoms with Crippen LogP contribution in [0, 0.1) is 6.92 Å². The van der Waals surface area contributed by atoms with E-state index in [1.54, 1.807) is 0 Å². The van der Waals surface area contributed by atoms with E-state index in [1.807, 2.05) is 55.5 Å². The second-order valence-corrected chi connectivity index (χ2v) is 7.80. The van der Waals surface area contributed by atoms with Crippen LogP contribution >= 0.6 is 0 Å². The number of nitrogens with one attached hydrogen (secondary N) is 2. The Labute approximate surface area is 168 Å². The summed E-state index contributed by atoms with van der Waals surface area (Å²) < 4.78 is 0. The minimum absolute atomic E-state index is 0.0493. The Morgan fingerprint density at radius 2 is 1.83 bits per heavy atom.